The summed E-state index contributed by atoms with van der Waals surface area (Å²) in [4.78, 5) is 30.1. The number of methoxy groups -OCH3 is 1. The number of piperidine rings is 1. The normalized spacial score (nSPS) is 17.7. The molecule has 0 radical (unpaired) electrons. The van der Waals surface area contributed by atoms with Crippen LogP contribution in [0, 0.1) is 5.41 Å². The molecular weight excluding hydrogens is 404 g/mol. The van der Waals surface area contributed by atoms with Crippen LogP contribution in [0.4, 0.5) is 5.69 Å². The minimum Gasteiger partial charge on any atom is -0.497 e. The first-order chi connectivity index (χ1) is 15.6. The Morgan fingerprint density at radius 1 is 1.03 bits per heavy atom. The summed E-state index contributed by atoms with van der Waals surface area (Å²) in [6.07, 6.45) is 5.87. The van der Waals surface area contributed by atoms with Crippen molar-refractivity contribution in [3.05, 3.63) is 66.5 Å². The van der Waals surface area contributed by atoms with Crippen LogP contribution in [0.25, 0.3) is 11.1 Å². The van der Waals surface area contributed by atoms with Crippen LogP contribution in [0.3, 0.4) is 0 Å². The quantitative estimate of drug-likeness (QED) is 0.684. The van der Waals surface area contributed by atoms with Crippen LogP contribution in [0.2, 0.25) is 0 Å². The highest BCUT2D eigenvalue weighted by molar-refractivity contribution is 6.00. The zero-order chi connectivity index (χ0) is 22.1. The highest BCUT2D eigenvalue weighted by atomic mass is 16.5. The van der Waals surface area contributed by atoms with Crippen LogP contribution in [-0.2, 0) is 4.79 Å². The number of nitrogens with one attached hydrogen (secondary N) is 1. The first-order valence-electron chi connectivity index (χ1n) is 10.9. The van der Waals surface area contributed by atoms with Gasteiger partial charge in [0.05, 0.1) is 18.7 Å². The van der Waals surface area contributed by atoms with Crippen molar-refractivity contribution in [3.8, 4) is 16.9 Å². The molecule has 0 aliphatic carbocycles. The van der Waals surface area contributed by atoms with E-state index >= 15 is 0 Å². The van der Waals surface area contributed by atoms with E-state index in [0.717, 1.165) is 23.2 Å². The number of aromatic nitrogens is 2. The molecule has 2 amide bonds. The number of aromatic amines is 1. The van der Waals surface area contributed by atoms with E-state index < -0.39 is 0 Å². The lowest BCUT2D eigenvalue weighted by atomic mass is 9.77. The number of amides is 2. The van der Waals surface area contributed by atoms with Gasteiger partial charge in [-0.05, 0) is 55.2 Å². The molecule has 2 aliphatic rings. The minimum atomic E-state index is -0.367. The number of anilines is 1. The molecule has 1 N–H and O–H groups in total. The third-order valence-electron chi connectivity index (χ3n) is 6.85. The van der Waals surface area contributed by atoms with Crippen molar-refractivity contribution < 1.29 is 14.3 Å². The van der Waals surface area contributed by atoms with Crippen LogP contribution in [0.1, 0.15) is 29.6 Å². The summed E-state index contributed by atoms with van der Waals surface area (Å²) in [5.41, 5.74) is 3.27. The van der Waals surface area contributed by atoms with Gasteiger partial charge in [0.25, 0.3) is 5.91 Å². The van der Waals surface area contributed by atoms with E-state index in [0.29, 0.717) is 43.8 Å². The summed E-state index contributed by atoms with van der Waals surface area (Å²) in [6, 6.07) is 15.3. The van der Waals surface area contributed by atoms with E-state index in [1.54, 1.807) is 19.4 Å². The van der Waals surface area contributed by atoms with E-state index in [1.165, 1.54) is 0 Å². The first kappa shape index (κ1) is 20.3. The third kappa shape index (κ3) is 3.53. The number of nitrogens with zero attached hydrogens (tertiary/aromatic N) is 3. The first-order valence-corrected chi connectivity index (χ1v) is 10.9. The summed E-state index contributed by atoms with van der Waals surface area (Å²) in [6.45, 7) is 1.90. The van der Waals surface area contributed by atoms with Gasteiger partial charge in [-0.2, -0.15) is 5.10 Å². The van der Waals surface area contributed by atoms with Crippen LogP contribution in [0.15, 0.2) is 60.9 Å². The van der Waals surface area contributed by atoms with Crippen molar-refractivity contribution in [2.24, 2.45) is 5.41 Å². The number of hydrogen-bond donors (Lipinski definition) is 1. The highest BCUT2D eigenvalue weighted by Crippen LogP contribution is 2.43. The Morgan fingerprint density at radius 2 is 1.78 bits per heavy atom. The molecule has 2 aliphatic heterocycles. The minimum absolute atomic E-state index is 0.00381. The highest BCUT2D eigenvalue weighted by Gasteiger charge is 2.49. The maximum Gasteiger partial charge on any atom is 0.253 e. The average molecular weight is 431 g/mol. The number of carbonyl (C=O) groups is 2. The molecule has 2 saturated heterocycles. The van der Waals surface area contributed by atoms with Gasteiger partial charge >= 0.3 is 0 Å². The molecule has 3 heterocycles. The number of ether oxygens (including phenoxy) is 1. The lowest BCUT2D eigenvalue weighted by Gasteiger charge is -2.38. The Bertz CT molecular complexity index is 1120. The van der Waals surface area contributed by atoms with Gasteiger partial charge in [0.2, 0.25) is 5.91 Å². The molecule has 5 rings (SSSR count). The van der Waals surface area contributed by atoms with Crippen LogP contribution < -0.4 is 9.64 Å². The van der Waals surface area contributed by atoms with Crippen molar-refractivity contribution in [3.63, 3.8) is 0 Å². The molecule has 32 heavy (non-hydrogen) atoms. The van der Waals surface area contributed by atoms with Crippen molar-refractivity contribution in [1.29, 1.82) is 0 Å². The summed E-state index contributed by atoms with van der Waals surface area (Å²) >= 11 is 0. The fourth-order valence-corrected chi connectivity index (χ4v) is 4.85. The second-order valence-corrected chi connectivity index (χ2v) is 8.55. The molecule has 7 heteroatoms. The monoisotopic (exact) mass is 430 g/mol. The lowest BCUT2D eigenvalue weighted by Crippen LogP contribution is -2.46. The Hall–Kier alpha value is -3.61. The van der Waals surface area contributed by atoms with Gasteiger partial charge in [-0.25, -0.2) is 0 Å². The summed E-state index contributed by atoms with van der Waals surface area (Å²) < 4.78 is 5.24. The van der Waals surface area contributed by atoms with Crippen molar-refractivity contribution in [2.75, 3.05) is 31.6 Å². The van der Waals surface area contributed by atoms with Gasteiger partial charge in [0, 0.05) is 42.6 Å². The number of hydrogen-bond acceptors (Lipinski definition) is 4. The summed E-state index contributed by atoms with van der Waals surface area (Å²) in [5, 5.41) is 6.81. The second-order valence-electron chi connectivity index (χ2n) is 8.55. The van der Waals surface area contributed by atoms with Gasteiger partial charge in [-0.1, -0.05) is 18.2 Å². The molecule has 2 aromatic carbocycles. The van der Waals surface area contributed by atoms with Gasteiger partial charge in [-0.15, -0.1) is 0 Å². The topological polar surface area (TPSA) is 78.5 Å². The molecule has 0 saturated carbocycles. The molecule has 1 spiro atoms. The molecule has 2 fully saturated rings. The number of H-pyrrole nitrogens is 1. The van der Waals surface area contributed by atoms with Gasteiger partial charge in [0.1, 0.15) is 5.75 Å². The fourth-order valence-electron chi connectivity index (χ4n) is 4.85. The Morgan fingerprint density at radius 3 is 2.47 bits per heavy atom. The predicted octanol–water partition coefficient (Wildman–Crippen LogP) is 3.74. The number of rotatable bonds is 4. The lowest BCUT2D eigenvalue weighted by molar-refractivity contribution is -0.127. The van der Waals surface area contributed by atoms with E-state index in [2.05, 4.69) is 10.2 Å². The second kappa shape index (κ2) is 8.15. The van der Waals surface area contributed by atoms with Crippen molar-refractivity contribution in [2.45, 2.75) is 19.3 Å². The van der Waals surface area contributed by atoms with Crippen LogP contribution in [-0.4, -0.2) is 53.7 Å². The van der Waals surface area contributed by atoms with Crippen molar-refractivity contribution in [1.82, 2.24) is 15.1 Å². The van der Waals surface area contributed by atoms with E-state index in [1.807, 2.05) is 58.5 Å². The Kier molecular flexibility index (Phi) is 5.17. The smallest absolute Gasteiger partial charge is 0.253 e. The maximum atomic E-state index is 13.4. The zero-order valence-corrected chi connectivity index (χ0v) is 18.1. The molecule has 1 aromatic heterocycles. The van der Waals surface area contributed by atoms with Crippen LogP contribution >= 0.6 is 0 Å². The average Bonchev–Trinajstić information content (AvgIpc) is 3.49. The molecule has 0 bridgehead atoms. The molecular formula is C25H26N4O3. The van der Waals surface area contributed by atoms with Crippen LogP contribution in [0.5, 0.6) is 5.75 Å². The maximum absolute atomic E-state index is 13.4. The Balaban J connectivity index is 1.25. The SMILES string of the molecule is COc1cccc(C(=O)N2CCC3(CC2)CCN(c2ccc(-c4cn[nH]c4)cc2)C3=O)c1. The number of carbonyl (C=O) groups excluding carboxylic acids is 2. The molecule has 0 unspecified atom stereocenters. The van der Waals surface area contributed by atoms with Gasteiger partial charge in [-0.3, -0.25) is 14.7 Å². The third-order valence-corrected chi connectivity index (χ3v) is 6.85. The van der Waals surface area contributed by atoms with E-state index in [4.69, 9.17) is 4.74 Å². The summed E-state index contributed by atoms with van der Waals surface area (Å²) in [7, 11) is 1.59. The fraction of sp³-hybridized carbons (Fsp3) is 0.320. The molecule has 3 aromatic rings. The predicted molar refractivity (Wildman–Crippen MR) is 122 cm³/mol. The number of likely N-dealkylation sites (tertiary alicyclic amines) is 1. The van der Waals surface area contributed by atoms with Crippen molar-refractivity contribution >= 4 is 17.5 Å². The zero-order valence-electron chi connectivity index (χ0n) is 18.1. The standard InChI is InChI=1S/C25H26N4O3/c1-32-22-4-2-3-19(15-22)23(30)28-12-9-25(10-13-28)11-14-29(24(25)31)21-7-5-18(6-8-21)20-16-26-27-17-20/h2-8,15-17H,9-14H2,1H3,(H,26,27). The van der Waals surface area contributed by atoms with E-state index in [-0.39, 0.29) is 17.2 Å². The largest absolute Gasteiger partial charge is 0.497 e. The Labute approximate surface area is 187 Å². The molecule has 0 atom stereocenters. The van der Waals surface area contributed by atoms with Gasteiger partial charge < -0.3 is 14.5 Å². The summed E-state index contributed by atoms with van der Waals surface area (Å²) in [5.74, 6) is 0.850. The van der Waals surface area contributed by atoms with E-state index in [9.17, 15) is 9.59 Å². The molecule has 164 valence electrons. The number of benzene rings is 2. The van der Waals surface area contributed by atoms with Gasteiger partial charge in [0.15, 0.2) is 0 Å². The molecule has 7 nitrogen and oxygen atoms in total.